The van der Waals surface area contributed by atoms with Gasteiger partial charge in [-0.25, -0.2) is 0 Å². The van der Waals surface area contributed by atoms with E-state index in [1.807, 2.05) is 13.8 Å². The molecule has 0 bridgehead atoms. The first kappa shape index (κ1) is 15.3. The van der Waals surface area contributed by atoms with Crippen molar-refractivity contribution in [1.29, 1.82) is 5.41 Å². The van der Waals surface area contributed by atoms with Gasteiger partial charge < -0.3 is 15.8 Å². The maximum Gasteiger partial charge on any atom is 0.265 e. The zero-order valence-electron chi connectivity index (χ0n) is 10.2. The molecular formula is C11H19N3O3. The molecule has 0 radical (unpaired) electrons. The second-order valence-electron chi connectivity index (χ2n) is 4.24. The molecule has 0 aromatic heterocycles. The van der Waals surface area contributed by atoms with Crippen molar-refractivity contribution in [2.45, 2.75) is 39.2 Å². The molecule has 1 atom stereocenters. The fourth-order valence-electron chi connectivity index (χ4n) is 1.28. The first-order chi connectivity index (χ1) is 7.88. The summed E-state index contributed by atoms with van der Waals surface area (Å²) in [5.41, 5.74) is 4.94. The fourth-order valence-corrected chi connectivity index (χ4v) is 1.28. The number of hydrogen-bond acceptors (Lipinski definition) is 4. The van der Waals surface area contributed by atoms with Gasteiger partial charge in [-0.05, 0) is 12.3 Å². The Hall–Kier alpha value is -1.72. The highest BCUT2D eigenvalue weighted by molar-refractivity contribution is 6.38. The molecule has 0 aliphatic carbocycles. The number of nitrogens with one attached hydrogen (secondary N) is 2. The average molecular weight is 241 g/mol. The highest BCUT2D eigenvalue weighted by atomic mass is 16.2. The number of primary amides is 1. The van der Waals surface area contributed by atoms with Crippen molar-refractivity contribution in [2.24, 2.45) is 11.7 Å². The van der Waals surface area contributed by atoms with Crippen LogP contribution in [0.25, 0.3) is 0 Å². The first-order valence-corrected chi connectivity index (χ1v) is 5.49. The summed E-state index contributed by atoms with van der Waals surface area (Å²) in [6.45, 7) is 3.81. The third-order valence-corrected chi connectivity index (χ3v) is 2.14. The van der Waals surface area contributed by atoms with Crippen LogP contribution in [0.1, 0.15) is 33.1 Å². The molecule has 0 saturated carbocycles. The third-order valence-electron chi connectivity index (χ3n) is 2.14. The summed E-state index contributed by atoms with van der Waals surface area (Å²) in [5, 5.41) is 9.79. The van der Waals surface area contributed by atoms with Gasteiger partial charge in [0.25, 0.3) is 5.91 Å². The highest BCUT2D eigenvalue weighted by Crippen LogP contribution is 2.04. The minimum Gasteiger partial charge on any atom is -0.368 e. The van der Waals surface area contributed by atoms with E-state index in [0.29, 0.717) is 12.7 Å². The SMILES string of the molecule is CC(C)CC(NC(=O)C(=N)CCC=O)C(N)=O. The summed E-state index contributed by atoms with van der Waals surface area (Å²) in [5.74, 6) is -1.05. The molecule has 4 N–H and O–H groups in total. The van der Waals surface area contributed by atoms with Crippen LogP contribution in [0.3, 0.4) is 0 Å². The minimum absolute atomic E-state index is 0.0719. The van der Waals surface area contributed by atoms with E-state index in [-0.39, 0.29) is 24.5 Å². The Labute approximate surface area is 100 Å². The van der Waals surface area contributed by atoms with E-state index < -0.39 is 17.9 Å². The summed E-state index contributed by atoms with van der Waals surface area (Å²) in [6.07, 6.45) is 1.27. The normalized spacial score (nSPS) is 11.9. The second kappa shape index (κ2) is 7.54. The molecule has 0 rings (SSSR count). The number of amides is 2. The van der Waals surface area contributed by atoms with E-state index >= 15 is 0 Å². The molecule has 0 aliphatic rings. The van der Waals surface area contributed by atoms with Crippen LogP contribution in [0.2, 0.25) is 0 Å². The van der Waals surface area contributed by atoms with Crippen LogP contribution in [-0.4, -0.2) is 29.9 Å². The van der Waals surface area contributed by atoms with Crippen LogP contribution < -0.4 is 11.1 Å². The van der Waals surface area contributed by atoms with Crippen molar-refractivity contribution in [1.82, 2.24) is 5.32 Å². The van der Waals surface area contributed by atoms with Crippen LogP contribution in [0.5, 0.6) is 0 Å². The summed E-state index contributed by atoms with van der Waals surface area (Å²) in [6, 6.07) is -0.765. The van der Waals surface area contributed by atoms with Crippen molar-refractivity contribution in [2.75, 3.05) is 0 Å². The molecule has 1 unspecified atom stereocenters. The van der Waals surface area contributed by atoms with E-state index in [1.54, 1.807) is 0 Å². The van der Waals surface area contributed by atoms with Crippen molar-refractivity contribution in [3.8, 4) is 0 Å². The highest BCUT2D eigenvalue weighted by Gasteiger charge is 2.20. The molecule has 6 heteroatoms. The predicted molar refractivity (Wildman–Crippen MR) is 63.6 cm³/mol. The van der Waals surface area contributed by atoms with Crippen LogP contribution >= 0.6 is 0 Å². The van der Waals surface area contributed by atoms with Crippen molar-refractivity contribution in [3.63, 3.8) is 0 Å². The molecule has 0 aromatic rings. The Morgan fingerprint density at radius 3 is 2.41 bits per heavy atom. The predicted octanol–water partition coefficient (Wildman–Crippen LogP) is 0.00147. The standard InChI is InChI=1S/C11H19N3O3/c1-7(2)6-9(10(13)16)14-11(17)8(12)4-3-5-15/h5,7,9,12H,3-4,6H2,1-2H3,(H2,13,16)(H,14,17). The molecule has 0 saturated heterocycles. The molecule has 0 fully saturated rings. The number of nitrogens with two attached hydrogens (primary N) is 1. The van der Waals surface area contributed by atoms with E-state index in [4.69, 9.17) is 11.1 Å². The number of carbonyl (C=O) groups is 3. The second-order valence-corrected chi connectivity index (χ2v) is 4.24. The molecule has 0 aromatic carbocycles. The number of aldehydes is 1. The Balaban J connectivity index is 4.34. The van der Waals surface area contributed by atoms with E-state index in [1.165, 1.54) is 0 Å². The van der Waals surface area contributed by atoms with Gasteiger partial charge in [-0.3, -0.25) is 15.0 Å². The lowest BCUT2D eigenvalue weighted by Gasteiger charge is -2.17. The Bertz CT molecular complexity index is 313. The summed E-state index contributed by atoms with van der Waals surface area (Å²) >= 11 is 0. The van der Waals surface area contributed by atoms with Crippen LogP contribution in [-0.2, 0) is 14.4 Å². The first-order valence-electron chi connectivity index (χ1n) is 5.49. The fraction of sp³-hybridized carbons (Fsp3) is 0.636. The monoisotopic (exact) mass is 241 g/mol. The van der Waals surface area contributed by atoms with Gasteiger partial charge in [0.1, 0.15) is 12.3 Å². The Morgan fingerprint density at radius 1 is 1.41 bits per heavy atom. The molecule has 0 aliphatic heterocycles. The van der Waals surface area contributed by atoms with Crippen LogP contribution in [0, 0.1) is 11.3 Å². The van der Waals surface area contributed by atoms with Gasteiger partial charge in [-0.1, -0.05) is 13.8 Å². The third kappa shape index (κ3) is 6.44. The molecule has 96 valence electrons. The van der Waals surface area contributed by atoms with Crippen molar-refractivity contribution < 1.29 is 14.4 Å². The van der Waals surface area contributed by atoms with Gasteiger partial charge in [-0.15, -0.1) is 0 Å². The quantitative estimate of drug-likeness (QED) is 0.410. The van der Waals surface area contributed by atoms with Crippen molar-refractivity contribution in [3.05, 3.63) is 0 Å². The topological polar surface area (TPSA) is 113 Å². The number of carbonyl (C=O) groups excluding carboxylic acids is 3. The molecule has 0 heterocycles. The minimum atomic E-state index is -0.765. The Morgan fingerprint density at radius 2 is 2.00 bits per heavy atom. The van der Waals surface area contributed by atoms with Gasteiger partial charge in [0.05, 0.1) is 5.71 Å². The molecule has 2 amide bonds. The smallest absolute Gasteiger partial charge is 0.265 e. The summed E-state index contributed by atoms with van der Waals surface area (Å²) < 4.78 is 0. The van der Waals surface area contributed by atoms with E-state index in [9.17, 15) is 14.4 Å². The van der Waals surface area contributed by atoms with Crippen LogP contribution in [0.4, 0.5) is 0 Å². The zero-order chi connectivity index (χ0) is 13.4. The van der Waals surface area contributed by atoms with Gasteiger partial charge >= 0.3 is 0 Å². The number of rotatable bonds is 8. The lowest BCUT2D eigenvalue weighted by atomic mass is 10.0. The summed E-state index contributed by atoms with van der Waals surface area (Å²) in [7, 11) is 0. The largest absolute Gasteiger partial charge is 0.368 e. The maximum atomic E-state index is 11.5. The van der Waals surface area contributed by atoms with E-state index in [2.05, 4.69) is 5.32 Å². The van der Waals surface area contributed by atoms with Gasteiger partial charge in [0.2, 0.25) is 5.91 Å². The average Bonchev–Trinajstić information content (AvgIpc) is 2.23. The lowest BCUT2D eigenvalue weighted by Crippen LogP contribution is -2.47. The Kier molecular flexibility index (Phi) is 6.77. The lowest BCUT2D eigenvalue weighted by molar-refractivity contribution is -0.124. The van der Waals surface area contributed by atoms with Crippen molar-refractivity contribution >= 4 is 23.8 Å². The van der Waals surface area contributed by atoms with Gasteiger partial charge in [-0.2, -0.15) is 0 Å². The summed E-state index contributed by atoms with van der Waals surface area (Å²) in [4.78, 5) is 32.7. The number of hydrogen-bond donors (Lipinski definition) is 3. The molecule has 17 heavy (non-hydrogen) atoms. The van der Waals surface area contributed by atoms with Gasteiger partial charge in [0, 0.05) is 12.8 Å². The molecular weight excluding hydrogens is 222 g/mol. The molecule has 6 nitrogen and oxygen atoms in total. The zero-order valence-corrected chi connectivity index (χ0v) is 10.2. The molecule has 0 spiro atoms. The van der Waals surface area contributed by atoms with Crippen LogP contribution in [0.15, 0.2) is 0 Å². The van der Waals surface area contributed by atoms with E-state index in [0.717, 1.165) is 0 Å². The van der Waals surface area contributed by atoms with Gasteiger partial charge in [0.15, 0.2) is 0 Å². The maximum absolute atomic E-state index is 11.5.